The first-order chi connectivity index (χ1) is 8.42. The number of carbonyl (C=O) groups is 2. The van der Waals surface area contributed by atoms with Crippen molar-refractivity contribution >= 4 is 11.9 Å². The van der Waals surface area contributed by atoms with Crippen LogP contribution in [0.5, 0.6) is 0 Å². The molecule has 0 spiro atoms. The normalized spacial score (nSPS) is 14.1. The molecule has 0 aromatic carbocycles. The van der Waals surface area contributed by atoms with Crippen LogP contribution in [0.4, 0.5) is 0 Å². The minimum absolute atomic E-state index is 0.0916. The molecule has 0 aliphatic carbocycles. The number of rotatable bonds is 8. The fourth-order valence-corrected chi connectivity index (χ4v) is 1.59. The van der Waals surface area contributed by atoms with Crippen LogP contribution in [-0.2, 0) is 14.3 Å². The number of hydrogen-bond acceptors (Lipinski definition) is 4. The van der Waals surface area contributed by atoms with Crippen LogP contribution in [-0.4, -0.2) is 36.6 Å². The van der Waals surface area contributed by atoms with Gasteiger partial charge in [-0.15, -0.1) is 0 Å². The molecule has 0 saturated carbocycles. The van der Waals surface area contributed by atoms with E-state index in [1.807, 2.05) is 20.8 Å². The third-order valence-corrected chi connectivity index (χ3v) is 2.42. The summed E-state index contributed by atoms with van der Waals surface area (Å²) >= 11 is 0. The molecule has 106 valence electrons. The van der Waals surface area contributed by atoms with Gasteiger partial charge in [0.15, 0.2) is 0 Å². The Bertz CT molecular complexity index is 267. The number of nitrogens with one attached hydrogen (secondary N) is 2. The number of ether oxygens (including phenoxy) is 1. The number of esters is 1. The van der Waals surface area contributed by atoms with E-state index in [1.165, 1.54) is 0 Å². The summed E-state index contributed by atoms with van der Waals surface area (Å²) in [6.07, 6.45) is 1.52. The summed E-state index contributed by atoms with van der Waals surface area (Å²) in [6.45, 7) is 9.68. The summed E-state index contributed by atoms with van der Waals surface area (Å²) < 4.78 is 4.99. The van der Waals surface area contributed by atoms with Gasteiger partial charge in [0.1, 0.15) is 6.04 Å². The van der Waals surface area contributed by atoms with Crippen LogP contribution in [0, 0.1) is 0 Å². The van der Waals surface area contributed by atoms with Gasteiger partial charge in [0.05, 0.1) is 12.6 Å². The molecule has 0 aromatic rings. The Morgan fingerprint density at radius 1 is 1.17 bits per heavy atom. The van der Waals surface area contributed by atoms with Crippen molar-refractivity contribution < 1.29 is 14.3 Å². The van der Waals surface area contributed by atoms with E-state index in [9.17, 15) is 9.59 Å². The monoisotopic (exact) mass is 258 g/mol. The molecule has 2 N–H and O–H groups in total. The van der Waals surface area contributed by atoms with E-state index in [0.717, 1.165) is 6.42 Å². The molecule has 5 nitrogen and oxygen atoms in total. The number of carbonyl (C=O) groups excluding carboxylic acids is 2. The van der Waals surface area contributed by atoms with E-state index in [-0.39, 0.29) is 17.9 Å². The Kier molecular flexibility index (Phi) is 8.37. The molecule has 0 bridgehead atoms. The summed E-state index contributed by atoms with van der Waals surface area (Å²) in [5.74, 6) is -0.390. The highest BCUT2D eigenvalue weighted by molar-refractivity contribution is 5.83. The highest BCUT2D eigenvalue weighted by Gasteiger charge is 2.23. The van der Waals surface area contributed by atoms with Gasteiger partial charge in [-0.2, -0.15) is 0 Å². The fraction of sp³-hybridized carbons (Fsp3) is 0.846. The molecule has 0 aliphatic heterocycles. The van der Waals surface area contributed by atoms with Crippen LogP contribution in [0.15, 0.2) is 0 Å². The second-order valence-corrected chi connectivity index (χ2v) is 4.64. The summed E-state index contributed by atoms with van der Waals surface area (Å²) in [7, 11) is 0. The topological polar surface area (TPSA) is 67.4 Å². The highest BCUT2D eigenvalue weighted by Crippen LogP contribution is 2.02. The van der Waals surface area contributed by atoms with Gasteiger partial charge in [0.25, 0.3) is 0 Å². The van der Waals surface area contributed by atoms with E-state index in [2.05, 4.69) is 10.6 Å². The second kappa shape index (κ2) is 8.91. The Morgan fingerprint density at radius 2 is 1.78 bits per heavy atom. The first-order valence-corrected chi connectivity index (χ1v) is 6.65. The summed E-state index contributed by atoms with van der Waals surface area (Å²) in [5, 5.41) is 5.83. The molecule has 1 amide bonds. The largest absolute Gasteiger partial charge is 0.465 e. The standard InChI is InChI=1S/C13H26N2O3/c1-6-8-11(13(17)18-7-2)15-10(5)12(16)14-9(3)4/h9-11,15H,6-8H2,1-5H3,(H,14,16). The molecular weight excluding hydrogens is 232 g/mol. The predicted molar refractivity (Wildman–Crippen MR) is 71.2 cm³/mol. The van der Waals surface area contributed by atoms with Gasteiger partial charge in [-0.05, 0) is 34.1 Å². The van der Waals surface area contributed by atoms with Crippen molar-refractivity contribution in [2.75, 3.05) is 6.61 Å². The van der Waals surface area contributed by atoms with E-state index in [1.54, 1.807) is 13.8 Å². The Morgan fingerprint density at radius 3 is 2.22 bits per heavy atom. The predicted octanol–water partition coefficient (Wildman–Crippen LogP) is 1.22. The van der Waals surface area contributed by atoms with Crippen molar-refractivity contribution in [3.05, 3.63) is 0 Å². The quantitative estimate of drug-likeness (QED) is 0.642. The second-order valence-electron chi connectivity index (χ2n) is 4.64. The van der Waals surface area contributed by atoms with Crippen LogP contribution < -0.4 is 10.6 Å². The Labute approximate surface area is 110 Å². The van der Waals surface area contributed by atoms with Crippen molar-refractivity contribution in [1.82, 2.24) is 10.6 Å². The van der Waals surface area contributed by atoms with Gasteiger partial charge in [-0.3, -0.25) is 14.9 Å². The highest BCUT2D eigenvalue weighted by atomic mass is 16.5. The lowest BCUT2D eigenvalue weighted by atomic mass is 10.1. The Balaban J connectivity index is 4.38. The molecule has 18 heavy (non-hydrogen) atoms. The molecular formula is C13H26N2O3. The molecule has 5 heteroatoms. The lowest BCUT2D eigenvalue weighted by molar-refractivity contribution is -0.146. The van der Waals surface area contributed by atoms with E-state index in [4.69, 9.17) is 4.74 Å². The maximum atomic E-state index is 11.7. The van der Waals surface area contributed by atoms with E-state index < -0.39 is 12.1 Å². The van der Waals surface area contributed by atoms with Gasteiger partial charge >= 0.3 is 5.97 Å². The van der Waals surface area contributed by atoms with Gasteiger partial charge < -0.3 is 10.1 Å². The van der Waals surface area contributed by atoms with Crippen molar-refractivity contribution in [3.8, 4) is 0 Å². The Hall–Kier alpha value is -1.10. The minimum Gasteiger partial charge on any atom is -0.465 e. The van der Waals surface area contributed by atoms with Crippen LogP contribution in [0.3, 0.4) is 0 Å². The van der Waals surface area contributed by atoms with Gasteiger partial charge in [-0.25, -0.2) is 0 Å². The smallest absolute Gasteiger partial charge is 0.323 e. The number of hydrogen-bond donors (Lipinski definition) is 2. The average Bonchev–Trinajstić information content (AvgIpc) is 2.27. The molecule has 0 fully saturated rings. The van der Waals surface area contributed by atoms with Crippen molar-refractivity contribution in [3.63, 3.8) is 0 Å². The maximum Gasteiger partial charge on any atom is 0.323 e. The zero-order valence-electron chi connectivity index (χ0n) is 12.1. The van der Waals surface area contributed by atoms with E-state index >= 15 is 0 Å². The summed E-state index contributed by atoms with van der Waals surface area (Å²) in [4.78, 5) is 23.4. The van der Waals surface area contributed by atoms with Crippen LogP contribution in [0.2, 0.25) is 0 Å². The molecule has 0 aliphatic rings. The van der Waals surface area contributed by atoms with Crippen LogP contribution in [0.25, 0.3) is 0 Å². The molecule has 0 saturated heterocycles. The van der Waals surface area contributed by atoms with Crippen molar-refractivity contribution in [2.24, 2.45) is 0 Å². The SMILES string of the molecule is CCCC(NC(C)C(=O)NC(C)C)C(=O)OCC. The zero-order valence-corrected chi connectivity index (χ0v) is 12.1. The lowest BCUT2D eigenvalue weighted by Gasteiger charge is -2.22. The average molecular weight is 258 g/mol. The summed E-state index contributed by atoms with van der Waals surface area (Å²) in [5.41, 5.74) is 0. The fourth-order valence-electron chi connectivity index (χ4n) is 1.59. The molecule has 0 heterocycles. The van der Waals surface area contributed by atoms with Gasteiger partial charge in [0, 0.05) is 6.04 Å². The molecule has 2 atom stereocenters. The molecule has 0 radical (unpaired) electrons. The maximum absolute atomic E-state index is 11.7. The van der Waals surface area contributed by atoms with Crippen LogP contribution >= 0.6 is 0 Å². The lowest BCUT2D eigenvalue weighted by Crippen LogP contribution is -2.51. The third-order valence-electron chi connectivity index (χ3n) is 2.42. The third kappa shape index (κ3) is 6.59. The van der Waals surface area contributed by atoms with Gasteiger partial charge in [-0.1, -0.05) is 13.3 Å². The van der Waals surface area contributed by atoms with E-state index in [0.29, 0.717) is 13.0 Å². The minimum atomic E-state index is -0.414. The first-order valence-electron chi connectivity index (χ1n) is 6.65. The molecule has 2 unspecified atom stereocenters. The molecule has 0 aromatic heterocycles. The van der Waals surface area contributed by atoms with Gasteiger partial charge in [0.2, 0.25) is 5.91 Å². The number of amides is 1. The first kappa shape index (κ1) is 16.9. The van der Waals surface area contributed by atoms with Crippen molar-refractivity contribution in [1.29, 1.82) is 0 Å². The molecule has 0 rings (SSSR count). The van der Waals surface area contributed by atoms with Crippen LogP contribution in [0.1, 0.15) is 47.5 Å². The van der Waals surface area contributed by atoms with Crippen molar-refractivity contribution in [2.45, 2.75) is 65.6 Å². The zero-order chi connectivity index (χ0) is 14.1. The summed E-state index contributed by atoms with van der Waals surface area (Å²) in [6, 6.07) is -0.731.